The number of halogens is 2. The quantitative estimate of drug-likeness (QED) is 0.305. The van der Waals surface area contributed by atoms with Crippen LogP contribution in [-0.4, -0.2) is 87.7 Å². The van der Waals surface area contributed by atoms with E-state index in [1.54, 1.807) is 28.7 Å². The van der Waals surface area contributed by atoms with Crippen LogP contribution in [0.1, 0.15) is 11.8 Å². The van der Waals surface area contributed by atoms with Crippen molar-refractivity contribution in [1.82, 2.24) is 24.8 Å². The van der Waals surface area contributed by atoms with Crippen molar-refractivity contribution in [3.63, 3.8) is 0 Å². The highest BCUT2D eigenvalue weighted by atomic mass is 35.5. The van der Waals surface area contributed by atoms with Gasteiger partial charge in [-0.25, -0.2) is 15.0 Å². The number of benzene rings is 1. The van der Waals surface area contributed by atoms with Gasteiger partial charge in [0.25, 0.3) is 0 Å². The zero-order chi connectivity index (χ0) is 24.4. The SMILES string of the molecule is COc1ccc(CC(N)C(=O)N[C@@H]2C(O)[C@H](n3cnc4c(N(C)C)ncnc43)O[C@@H]2CO)cc1.Cl.Cl. The highest BCUT2D eigenvalue weighted by Gasteiger charge is 2.46. The molecule has 5 atom stereocenters. The zero-order valence-corrected chi connectivity index (χ0v) is 21.6. The Balaban J connectivity index is 0.00000228. The third-order valence-corrected chi connectivity index (χ3v) is 5.85. The minimum absolute atomic E-state index is 0. The summed E-state index contributed by atoms with van der Waals surface area (Å²) in [6.07, 6.45) is 0.250. The van der Waals surface area contributed by atoms with Gasteiger partial charge in [-0.15, -0.1) is 24.8 Å². The number of anilines is 1. The Labute approximate surface area is 220 Å². The number of fused-ring (bicyclic) bond motifs is 1. The molecule has 0 radical (unpaired) electrons. The number of amides is 1. The summed E-state index contributed by atoms with van der Waals surface area (Å²) in [6, 6.07) is 5.52. The molecule has 14 heteroatoms. The van der Waals surface area contributed by atoms with Crippen molar-refractivity contribution in [2.75, 3.05) is 32.7 Å². The Morgan fingerprint density at radius 1 is 1.25 bits per heavy atom. The first-order chi connectivity index (χ1) is 16.3. The molecular weight excluding hydrogens is 513 g/mol. The molecule has 1 aliphatic rings. The topological polar surface area (TPSA) is 161 Å². The lowest BCUT2D eigenvalue weighted by molar-refractivity contribution is -0.124. The largest absolute Gasteiger partial charge is 0.497 e. The first kappa shape index (κ1) is 29.5. The Morgan fingerprint density at radius 3 is 2.56 bits per heavy atom. The van der Waals surface area contributed by atoms with Gasteiger partial charge in [0.1, 0.15) is 24.3 Å². The molecule has 0 spiro atoms. The highest BCUT2D eigenvalue weighted by Crippen LogP contribution is 2.32. The summed E-state index contributed by atoms with van der Waals surface area (Å²) in [6.45, 7) is -0.406. The standard InChI is InChI=1S/C22H29N7O5.2ClH/c1-28(2)19-17-20(25-10-24-19)29(11-26-17)22-18(31)16(15(9-30)34-22)27-21(32)14(23)8-12-4-6-13(33-3)7-5-12;;/h4-7,10-11,14-16,18,22,30-31H,8-9,23H2,1-3H3,(H,27,32);2*1H/t14?,15-,16+,18?,22-;;/m1../s1. The van der Waals surface area contributed by atoms with E-state index in [9.17, 15) is 15.0 Å². The number of hydrogen-bond donors (Lipinski definition) is 4. The number of aromatic nitrogens is 4. The third-order valence-electron chi connectivity index (χ3n) is 5.85. The maximum Gasteiger partial charge on any atom is 0.237 e. The number of carbonyl (C=O) groups excluding carboxylic acids is 1. The zero-order valence-electron chi connectivity index (χ0n) is 20.0. The monoisotopic (exact) mass is 543 g/mol. The van der Waals surface area contributed by atoms with Crippen molar-refractivity contribution in [2.45, 2.75) is 36.9 Å². The van der Waals surface area contributed by atoms with E-state index in [-0.39, 0.29) is 24.8 Å². The second-order valence-corrected chi connectivity index (χ2v) is 8.35. The molecule has 0 saturated carbocycles. The number of aliphatic hydroxyl groups is 2. The molecular formula is C22H31Cl2N7O5. The lowest BCUT2D eigenvalue weighted by atomic mass is 10.0. The van der Waals surface area contributed by atoms with Crippen molar-refractivity contribution in [3.05, 3.63) is 42.5 Å². The van der Waals surface area contributed by atoms with E-state index in [2.05, 4.69) is 20.3 Å². The molecule has 3 aromatic rings. The van der Waals surface area contributed by atoms with Crippen molar-refractivity contribution >= 4 is 47.7 Å². The van der Waals surface area contributed by atoms with Crippen LogP contribution in [-0.2, 0) is 16.0 Å². The second kappa shape index (κ2) is 12.5. The van der Waals surface area contributed by atoms with Gasteiger partial charge in [0.2, 0.25) is 5.91 Å². The Bertz CT molecular complexity index is 1150. The van der Waals surface area contributed by atoms with E-state index in [1.165, 1.54) is 12.7 Å². The van der Waals surface area contributed by atoms with Gasteiger partial charge in [-0.1, -0.05) is 12.1 Å². The van der Waals surface area contributed by atoms with Crippen LogP contribution in [0.4, 0.5) is 5.82 Å². The smallest absolute Gasteiger partial charge is 0.237 e. The number of nitrogens with one attached hydrogen (secondary N) is 1. The molecule has 1 aliphatic heterocycles. The average molecular weight is 544 g/mol. The van der Waals surface area contributed by atoms with Gasteiger partial charge >= 0.3 is 0 Å². The fourth-order valence-electron chi connectivity index (χ4n) is 4.04. The first-order valence-electron chi connectivity index (χ1n) is 10.8. The predicted molar refractivity (Wildman–Crippen MR) is 138 cm³/mol. The number of nitrogens with two attached hydrogens (primary N) is 1. The minimum atomic E-state index is -1.18. The summed E-state index contributed by atoms with van der Waals surface area (Å²) < 4.78 is 12.6. The Morgan fingerprint density at radius 2 is 1.94 bits per heavy atom. The molecule has 0 aliphatic carbocycles. The van der Waals surface area contributed by atoms with E-state index in [0.717, 1.165) is 5.56 Å². The summed E-state index contributed by atoms with van der Waals surface area (Å²) in [5.41, 5.74) is 7.98. The molecule has 1 saturated heterocycles. The second-order valence-electron chi connectivity index (χ2n) is 8.35. The van der Waals surface area contributed by atoms with Crippen LogP contribution in [0.3, 0.4) is 0 Å². The van der Waals surface area contributed by atoms with E-state index < -0.39 is 43.0 Å². The number of ether oxygens (including phenoxy) is 2. The molecule has 198 valence electrons. The van der Waals surface area contributed by atoms with Crippen LogP contribution in [0.15, 0.2) is 36.9 Å². The number of imidazole rings is 1. The summed E-state index contributed by atoms with van der Waals surface area (Å²) in [5, 5.41) is 23.6. The number of rotatable bonds is 8. The van der Waals surface area contributed by atoms with Gasteiger partial charge in [-0.3, -0.25) is 9.36 Å². The molecule has 2 aromatic heterocycles. The van der Waals surface area contributed by atoms with Gasteiger partial charge in [0, 0.05) is 14.1 Å². The van der Waals surface area contributed by atoms with Crippen molar-refractivity contribution in [1.29, 1.82) is 0 Å². The summed E-state index contributed by atoms with van der Waals surface area (Å²) in [7, 11) is 5.25. The first-order valence-corrected chi connectivity index (χ1v) is 10.8. The molecule has 3 heterocycles. The van der Waals surface area contributed by atoms with Crippen molar-refractivity contribution in [2.24, 2.45) is 5.73 Å². The van der Waals surface area contributed by atoms with E-state index in [1.807, 2.05) is 26.2 Å². The van der Waals surface area contributed by atoms with Gasteiger partial charge in [-0.05, 0) is 24.1 Å². The average Bonchev–Trinajstić information content (AvgIpc) is 3.40. The number of carbonyl (C=O) groups is 1. The molecule has 12 nitrogen and oxygen atoms in total. The van der Waals surface area contributed by atoms with E-state index in [0.29, 0.717) is 29.2 Å². The molecule has 1 amide bonds. The van der Waals surface area contributed by atoms with Crippen LogP contribution >= 0.6 is 24.8 Å². The number of nitrogens with zero attached hydrogens (tertiary/aromatic N) is 5. The third kappa shape index (κ3) is 5.80. The van der Waals surface area contributed by atoms with Crippen LogP contribution in [0.2, 0.25) is 0 Å². The Kier molecular flexibility index (Phi) is 10.2. The minimum Gasteiger partial charge on any atom is -0.497 e. The molecule has 1 fully saturated rings. The van der Waals surface area contributed by atoms with E-state index >= 15 is 0 Å². The van der Waals surface area contributed by atoms with Gasteiger partial charge in [0.05, 0.1) is 32.1 Å². The molecule has 36 heavy (non-hydrogen) atoms. The lowest BCUT2D eigenvalue weighted by Gasteiger charge is -2.23. The Hall–Kier alpha value is -2.74. The highest BCUT2D eigenvalue weighted by molar-refractivity contribution is 5.86. The van der Waals surface area contributed by atoms with Crippen molar-refractivity contribution < 1.29 is 24.5 Å². The molecule has 0 bridgehead atoms. The van der Waals surface area contributed by atoms with Gasteiger partial charge < -0.3 is 35.6 Å². The van der Waals surface area contributed by atoms with Crippen molar-refractivity contribution in [3.8, 4) is 5.75 Å². The fourth-order valence-corrected chi connectivity index (χ4v) is 4.04. The van der Waals surface area contributed by atoms with Crippen LogP contribution < -0.4 is 20.7 Å². The molecule has 4 rings (SSSR count). The molecule has 5 N–H and O–H groups in total. The summed E-state index contributed by atoms with van der Waals surface area (Å²) in [4.78, 5) is 27.5. The number of methoxy groups -OCH3 is 1. The number of hydrogen-bond acceptors (Lipinski definition) is 10. The summed E-state index contributed by atoms with van der Waals surface area (Å²) >= 11 is 0. The molecule has 1 aromatic carbocycles. The fraction of sp³-hybridized carbons (Fsp3) is 0.455. The predicted octanol–water partition coefficient (Wildman–Crippen LogP) is 0.0499. The van der Waals surface area contributed by atoms with E-state index in [4.69, 9.17) is 15.2 Å². The maximum atomic E-state index is 12.8. The van der Waals surface area contributed by atoms with Crippen LogP contribution in [0.5, 0.6) is 5.75 Å². The van der Waals surface area contributed by atoms with Gasteiger partial charge in [0.15, 0.2) is 23.2 Å². The maximum absolute atomic E-state index is 12.8. The number of aliphatic hydroxyl groups excluding tert-OH is 2. The van der Waals surface area contributed by atoms with Crippen LogP contribution in [0, 0.1) is 0 Å². The summed E-state index contributed by atoms with van der Waals surface area (Å²) in [5.74, 6) is 0.861. The molecule has 2 unspecified atom stereocenters. The lowest BCUT2D eigenvalue weighted by Crippen LogP contribution is -2.53. The normalized spacial score (nSPS) is 21.8. The van der Waals surface area contributed by atoms with Gasteiger partial charge in [-0.2, -0.15) is 0 Å². The van der Waals surface area contributed by atoms with Crippen LogP contribution in [0.25, 0.3) is 11.2 Å².